The number of hydrogen-bond donors (Lipinski definition) is 16. The molecule has 9 aliphatic rings. The smallest absolute Gasteiger partial charge is 0.159 e. The number of ether oxygens (including phenoxy) is 8. The van der Waals surface area contributed by atoms with Gasteiger partial charge in [0, 0.05) is 56.9 Å². The topological polar surface area (TPSA) is 275 Å². The van der Waals surface area contributed by atoms with Gasteiger partial charge >= 0.3 is 0 Å². The molecule has 24 unspecified atom stereocenters. The number of halogens is 2. The molecule has 0 saturated carbocycles. The highest BCUT2D eigenvalue weighted by Gasteiger charge is 2.61. The summed E-state index contributed by atoms with van der Waals surface area (Å²) in [6, 6.07) is -0.528. The maximum atomic E-state index is 5.89. The summed E-state index contributed by atoms with van der Waals surface area (Å²) in [5.74, 6) is 0. The molecule has 0 aromatic carbocycles. The van der Waals surface area contributed by atoms with E-state index < -0.39 is 0 Å². The molecule has 9 aliphatic heterocycles. The van der Waals surface area contributed by atoms with Crippen LogP contribution < -0.4 is 133 Å². The van der Waals surface area contributed by atoms with E-state index in [-0.39, 0.29) is 195 Å². The minimum Gasteiger partial charge on any atom is -1.00 e. The van der Waals surface area contributed by atoms with Crippen LogP contribution in [-0.4, -0.2) is 204 Å². The van der Waals surface area contributed by atoms with Crippen molar-refractivity contribution in [2.45, 2.75) is 147 Å². The lowest BCUT2D eigenvalue weighted by Crippen LogP contribution is -3.00. The van der Waals surface area contributed by atoms with Crippen molar-refractivity contribution in [3.63, 3.8) is 0 Å². The molecule has 0 radical (unpaired) electrons. The van der Waals surface area contributed by atoms with E-state index in [9.17, 15) is 0 Å². The molecule has 8 bridgehead atoms. The van der Waals surface area contributed by atoms with Crippen molar-refractivity contribution in [3.05, 3.63) is 0 Å². The summed E-state index contributed by atoms with van der Waals surface area (Å²) in [7, 11) is 13.6. The van der Waals surface area contributed by atoms with Gasteiger partial charge in [0.05, 0.1) is 73.0 Å². The van der Waals surface area contributed by atoms with E-state index >= 15 is 0 Å². The van der Waals surface area contributed by atoms with Crippen LogP contribution >= 0.6 is 0 Å². The van der Waals surface area contributed by atoms with Crippen LogP contribution in [0.3, 0.4) is 0 Å². The van der Waals surface area contributed by atoms with Gasteiger partial charge in [0.25, 0.3) is 0 Å². The molecule has 0 aromatic heterocycles. The molecule has 0 amide bonds. The second-order valence-corrected chi connectivity index (χ2v) is 16.2. The zero-order chi connectivity index (χ0) is 38.8. The zero-order valence-electron chi connectivity index (χ0n) is 34.0. The Morgan fingerprint density at radius 2 is 0.414 bits per heavy atom. The third kappa shape index (κ3) is 8.33. The number of quaternary nitrogens is 2. The molecule has 9 heterocycles. The molecule has 9 saturated heterocycles. The zero-order valence-corrected chi connectivity index (χ0v) is 38.3. The average molecular weight is 1060 g/mol. The molecule has 18 N–H and O–H groups in total. The number of nitrogens with two attached hydrogens (primary N) is 2. The van der Waals surface area contributed by atoms with Crippen LogP contribution in [0.1, 0.15) is 0 Å². The first kappa shape index (κ1) is 46.5. The molecular weight excluding hydrogens is 990 g/mol. The monoisotopic (exact) mass is 1060 g/mol. The SMILES string of the molecule is COC1NC2C3NC(NC4[NH2+]C(NC5NC(NC6[NH2+]C(N3)C3NC(OC)C(OC)NC63)C3NC(OC)C(OC)NC53)C3NC(OC)C(OC)NC43)C2NC1OC.[I-].[I-]. The molecule has 336 valence electrons. The largest absolute Gasteiger partial charge is 1.00 e. The standard InChI is InChI=1S/C32H64N16O8.2HI/c1-49-25-26(50-2)34-10-9(33-25)17-41-18(10)46-20-13-14(38-30(54-6)29(37-13)53-5)22(43-20)48-24-16-15(39-31(55-7)32(40-16)56-8)23(44-24)47-21-12-11(19(42-21)45-17)35-27(51-3)28(36-12)52-4;;/h9-48H,1-8H3;2*1H. The second kappa shape index (κ2) is 19.7. The van der Waals surface area contributed by atoms with E-state index in [1.807, 2.05) is 0 Å². The van der Waals surface area contributed by atoms with Crippen molar-refractivity contribution in [2.75, 3.05) is 56.9 Å². The van der Waals surface area contributed by atoms with Gasteiger partial charge in [0.1, 0.15) is 49.8 Å². The molecule has 24 atom stereocenters. The lowest BCUT2D eigenvalue weighted by Gasteiger charge is -2.43. The predicted molar refractivity (Wildman–Crippen MR) is 195 cm³/mol. The van der Waals surface area contributed by atoms with Crippen LogP contribution in [0.4, 0.5) is 0 Å². The summed E-state index contributed by atoms with van der Waals surface area (Å²) in [4.78, 5) is 0. The number of fused-ring (bicyclic) bond motifs is 20. The van der Waals surface area contributed by atoms with Crippen LogP contribution in [0.2, 0.25) is 0 Å². The van der Waals surface area contributed by atoms with E-state index in [4.69, 9.17) is 37.9 Å². The predicted octanol–water partition coefficient (Wildman–Crippen LogP) is -17.2. The first-order chi connectivity index (χ1) is 27.3. The molecule has 9 rings (SSSR count). The summed E-state index contributed by atoms with van der Waals surface area (Å²) >= 11 is 0. The van der Waals surface area contributed by atoms with E-state index in [0.717, 1.165) is 0 Å². The van der Waals surface area contributed by atoms with Gasteiger partial charge in [-0.1, -0.05) is 0 Å². The van der Waals surface area contributed by atoms with Crippen molar-refractivity contribution in [1.82, 2.24) is 74.4 Å². The summed E-state index contributed by atoms with van der Waals surface area (Å²) in [6.07, 6.45) is -3.96. The molecule has 0 aromatic rings. The Hall–Kier alpha value is 0.500. The van der Waals surface area contributed by atoms with Gasteiger partial charge in [-0.3, -0.25) is 53.2 Å². The number of hydrogen-bond acceptors (Lipinski definition) is 22. The van der Waals surface area contributed by atoms with Crippen LogP contribution in [0.5, 0.6) is 0 Å². The highest BCUT2D eigenvalue weighted by atomic mass is 127. The Labute approximate surface area is 373 Å². The van der Waals surface area contributed by atoms with Crippen molar-refractivity contribution in [3.8, 4) is 0 Å². The maximum Gasteiger partial charge on any atom is 0.159 e. The summed E-state index contributed by atoms with van der Waals surface area (Å²) < 4.78 is 47.1. The fourth-order valence-corrected chi connectivity index (χ4v) is 10.9. The minimum absolute atomic E-state index is 0. The fraction of sp³-hybridized carbons (Fsp3) is 1.00. The van der Waals surface area contributed by atoms with Crippen molar-refractivity contribution >= 4 is 0 Å². The van der Waals surface area contributed by atoms with Gasteiger partial charge in [0.15, 0.2) is 24.7 Å². The molecule has 26 heteroatoms. The maximum absolute atomic E-state index is 5.89. The van der Waals surface area contributed by atoms with E-state index in [0.29, 0.717) is 0 Å². The van der Waals surface area contributed by atoms with Gasteiger partial charge in [-0.2, -0.15) is 0 Å². The summed E-state index contributed by atoms with van der Waals surface area (Å²) in [6.45, 7) is 0. The number of nitrogens with one attached hydrogen (secondary N) is 14. The number of piperazine rings is 4. The molecule has 58 heavy (non-hydrogen) atoms. The summed E-state index contributed by atoms with van der Waals surface area (Å²) in [5, 5.41) is 58.8. The van der Waals surface area contributed by atoms with Gasteiger partial charge in [-0.15, -0.1) is 0 Å². The molecule has 24 nitrogen and oxygen atoms in total. The van der Waals surface area contributed by atoms with Crippen molar-refractivity contribution < 1.29 is 96.5 Å². The van der Waals surface area contributed by atoms with E-state index in [1.54, 1.807) is 56.9 Å². The van der Waals surface area contributed by atoms with Gasteiger partial charge in [-0.25, -0.2) is 21.3 Å². The Bertz CT molecular complexity index is 1070. The Morgan fingerprint density at radius 1 is 0.241 bits per heavy atom. The lowest BCUT2D eigenvalue weighted by molar-refractivity contribution is -0.714. The number of methoxy groups -OCH3 is 8. The van der Waals surface area contributed by atoms with Gasteiger partial charge in [-0.05, 0) is 0 Å². The average Bonchev–Trinajstić information content (AvgIpc) is 3.95. The third-order valence-corrected chi connectivity index (χ3v) is 13.6. The second-order valence-electron chi connectivity index (χ2n) is 16.2. The fourth-order valence-electron chi connectivity index (χ4n) is 10.9. The molecule has 0 aliphatic carbocycles. The molecule has 9 fully saturated rings. The molecule has 0 spiro atoms. The highest BCUT2D eigenvalue weighted by Crippen LogP contribution is 2.26. The third-order valence-electron chi connectivity index (χ3n) is 13.6. The quantitative estimate of drug-likeness (QED) is 0.101. The van der Waals surface area contributed by atoms with Gasteiger partial charge < -0.3 is 96.5 Å². The Balaban J connectivity index is 0.00000256. The lowest BCUT2D eigenvalue weighted by atomic mass is 10.00. The summed E-state index contributed by atoms with van der Waals surface area (Å²) in [5.41, 5.74) is 0. The minimum atomic E-state index is -0.363. The van der Waals surface area contributed by atoms with Crippen molar-refractivity contribution in [2.24, 2.45) is 0 Å². The van der Waals surface area contributed by atoms with E-state index in [2.05, 4.69) is 85.1 Å². The molecular formula is C32H66I2N16O8. The van der Waals surface area contributed by atoms with Gasteiger partial charge in [0.2, 0.25) is 0 Å². The Morgan fingerprint density at radius 3 is 0.586 bits per heavy atom. The normalized spacial score (nSPS) is 53.4. The van der Waals surface area contributed by atoms with Crippen LogP contribution in [0, 0.1) is 0 Å². The van der Waals surface area contributed by atoms with Crippen LogP contribution in [0.25, 0.3) is 0 Å². The van der Waals surface area contributed by atoms with Crippen LogP contribution in [0.15, 0.2) is 0 Å². The first-order valence-electron chi connectivity index (χ1n) is 19.9. The first-order valence-corrected chi connectivity index (χ1v) is 19.9. The van der Waals surface area contributed by atoms with E-state index in [1.165, 1.54) is 0 Å². The van der Waals surface area contributed by atoms with Crippen LogP contribution in [-0.2, 0) is 37.9 Å². The van der Waals surface area contributed by atoms with Crippen molar-refractivity contribution in [1.29, 1.82) is 0 Å². The highest BCUT2D eigenvalue weighted by molar-refractivity contribution is 5.14. The Kier molecular flexibility index (Phi) is 15.8. The number of rotatable bonds is 8.